The number of amides is 3. The number of nitrogens with zero attached hydrogens (tertiary/aromatic N) is 2. The van der Waals surface area contributed by atoms with E-state index >= 15 is 0 Å². The number of rotatable bonds is 7. The van der Waals surface area contributed by atoms with E-state index in [2.05, 4.69) is 41.7 Å². The minimum absolute atomic E-state index is 0.130. The molecule has 1 saturated carbocycles. The van der Waals surface area contributed by atoms with Crippen LogP contribution in [-0.4, -0.2) is 54.0 Å². The number of nitrogens with one attached hydrogen (secondary N) is 3. The molecule has 7 nitrogen and oxygen atoms in total. The van der Waals surface area contributed by atoms with Crippen LogP contribution in [0, 0.1) is 11.8 Å². The van der Waals surface area contributed by atoms with Crippen molar-refractivity contribution < 1.29 is 9.59 Å². The Bertz CT molecular complexity index is 555. The summed E-state index contributed by atoms with van der Waals surface area (Å²) in [4.78, 5) is 30.4. The second kappa shape index (κ2) is 9.42. The van der Waals surface area contributed by atoms with Crippen LogP contribution in [0.4, 0.5) is 4.79 Å². The first kappa shape index (κ1) is 21.5. The third-order valence-electron chi connectivity index (χ3n) is 5.73. The van der Waals surface area contributed by atoms with Gasteiger partial charge in [-0.3, -0.25) is 14.7 Å². The van der Waals surface area contributed by atoms with E-state index in [1.54, 1.807) is 6.92 Å². The minimum atomic E-state index is -0.759. The number of hydrogen-bond acceptors (Lipinski definition) is 3. The van der Waals surface area contributed by atoms with Crippen molar-refractivity contribution >= 4 is 17.9 Å². The first-order chi connectivity index (χ1) is 12.8. The van der Waals surface area contributed by atoms with Crippen LogP contribution in [0.15, 0.2) is 4.99 Å². The van der Waals surface area contributed by atoms with Crippen molar-refractivity contribution in [1.29, 1.82) is 0 Å². The molecule has 2 aliphatic rings. The highest BCUT2D eigenvalue weighted by atomic mass is 16.2. The average Bonchev–Trinajstić information content (AvgIpc) is 2.81. The number of imide groups is 1. The van der Waals surface area contributed by atoms with Crippen LogP contribution in [0.3, 0.4) is 0 Å². The van der Waals surface area contributed by atoms with E-state index in [-0.39, 0.29) is 11.9 Å². The summed E-state index contributed by atoms with van der Waals surface area (Å²) in [5, 5.41) is 9.66. The quantitative estimate of drug-likeness (QED) is 0.275. The molecule has 0 aromatic heterocycles. The fourth-order valence-corrected chi connectivity index (χ4v) is 4.19. The molecule has 2 rings (SSSR count). The van der Waals surface area contributed by atoms with Gasteiger partial charge in [0.1, 0.15) is 5.54 Å². The maximum Gasteiger partial charge on any atom is 0.325 e. The van der Waals surface area contributed by atoms with Crippen molar-refractivity contribution in [2.45, 2.75) is 78.3 Å². The second-order valence-electron chi connectivity index (χ2n) is 8.45. The fraction of sp³-hybridized carbons (Fsp3) is 0.850. The van der Waals surface area contributed by atoms with Gasteiger partial charge in [-0.25, -0.2) is 4.79 Å². The summed E-state index contributed by atoms with van der Waals surface area (Å²) in [7, 11) is 0. The van der Waals surface area contributed by atoms with Gasteiger partial charge in [0.25, 0.3) is 5.91 Å². The molecule has 3 N–H and O–H groups in total. The Hall–Kier alpha value is -1.79. The maximum absolute atomic E-state index is 12.4. The zero-order chi connectivity index (χ0) is 20.0. The molecule has 0 aromatic rings. The monoisotopic (exact) mass is 379 g/mol. The van der Waals surface area contributed by atoms with Gasteiger partial charge in [0.2, 0.25) is 0 Å². The van der Waals surface area contributed by atoms with Crippen LogP contribution in [0.5, 0.6) is 0 Å². The van der Waals surface area contributed by atoms with Gasteiger partial charge in [0.15, 0.2) is 5.96 Å². The number of hydrogen-bond donors (Lipinski definition) is 3. The van der Waals surface area contributed by atoms with E-state index in [1.807, 2.05) is 6.92 Å². The molecule has 0 bridgehead atoms. The first-order valence-electron chi connectivity index (χ1n) is 10.5. The summed E-state index contributed by atoms with van der Waals surface area (Å²) in [6.07, 6.45) is 4.90. The normalized spacial score (nSPS) is 31.8. The van der Waals surface area contributed by atoms with Gasteiger partial charge < -0.3 is 16.0 Å². The molecule has 3 unspecified atom stereocenters. The highest BCUT2D eigenvalue weighted by Crippen LogP contribution is 2.28. The molecule has 3 amide bonds. The molecular weight excluding hydrogens is 342 g/mol. The Balaban J connectivity index is 1.85. The van der Waals surface area contributed by atoms with E-state index in [9.17, 15) is 9.59 Å². The van der Waals surface area contributed by atoms with Gasteiger partial charge >= 0.3 is 6.03 Å². The molecule has 7 heteroatoms. The third kappa shape index (κ3) is 5.59. The highest BCUT2D eigenvalue weighted by molar-refractivity contribution is 6.06. The van der Waals surface area contributed by atoms with Gasteiger partial charge in [-0.05, 0) is 57.8 Å². The molecule has 0 aromatic carbocycles. The summed E-state index contributed by atoms with van der Waals surface area (Å²) >= 11 is 0. The van der Waals surface area contributed by atoms with Crippen molar-refractivity contribution in [3.8, 4) is 0 Å². The standard InChI is InChI=1S/C20H37N5O2/c1-6-20(5)17(26)25(19(27)24-20)10-8-9-22-18(21-7-2)23-16-12-14(3)11-15(4)13-16/h14-16H,6-13H2,1-5H3,(H,24,27)(H2,21,22,23). The molecule has 1 aliphatic heterocycles. The van der Waals surface area contributed by atoms with Crippen LogP contribution < -0.4 is 16.0 Å². The highest BCUT2D eigenvalue weighted by Gasteiger charge is 2.45. The van der Waals surface area contributed by atoms with Crippen molar-refractivity contribution in [3.63, 3.8) is 0 Å². The van der Waals surface area contributed by atoms with Crippen LogP contribution in [0.1, 0.15) is 66.7 Å². The van der Waals surface area contributed by atoms with E-state index in [4.69, 9.17) is 0 Å². The average molecular weight is 380 g/mol. The molecule has 2 fully saturated rings. The number of carbonyl (C=O) groups is 2. The van der Waals surface area contributed by atoms with Crippen molar-refractivity contribution in [2.75, 3.05) is 19.6 Å². The van der Waals surface area contributed by atoms with Crippen LogP contribution >= 0.6 is 0 Å². The lowest BCUT2D eigenvalue weighted by Gasteiger charge is -2.32. The molecule has 154 valence electrons. The van der Waals surface area contributed by atoms with Gasteiger partial charge in [-0.2, -0.15) is 0 Å². The molecule has 27 heavy (non-hydrogen) atoms. The molecular formula is C20H37N5O2. The number of guanidine groups is 1. The van der Waals surface area contributed by atoms with Crippen molar-refractivity contribution in [2.24, 2.45) is 16.8 Å². The Morgan fingerprint density at radius 1 is 1.22 bits per heavy atom. The number of aliphatic imine (C=N–C) groups is 1. The van der Waals surface area contributed by atoms with Gasteiger partial charge in [-0.15, -0.1) is 0 Å². The zero-order valence-electron chi connectivity index (χ0n) is 17.6. The Labute approximate surface area is 163 Å². The largest absolute Gasteiger partial charge is 0.357 e. The van der Waals surface area contributed by atoms with E-state index in [0.717, 1.165) is 24.3 Å². The molecule has 1 heterocycles. The molecule has 0 radical (unpaired) electrons. The lowest BCUT2D eigenvalue weighted by atomic mass is 9.80. The summed E-state index contributed by atoms with van der Waals surface area (Å²) in [5.74, 6) is 2.18. The Morgan fingerprint density at radius 2 is 1.89 bits per heavy atom. The second-order valence-corrected chi connectivity index (χ2v) is 8.45. The molecule has 3 atom stereocenters. The maximum atomic E-state index is 12.4. The predicted octanol–water partition coefficient (Wildman–Crippen LogP) is 2.48. The summed E-state index contributed by atoms with van der Waals surface area (Å²) in [5.41, 5.74) is -0.759. The number of carbonyl (C=O) groups excluding carboxylic acids is 2. The molecule has 1 aliphatic carbocycles. The van der Waals surface area contributed by atoms with E-state index in [1.165, 1.54) is 24.2 Å². The Morgan fingerprint density at radius 3 is 2.44 bits per heavy atom. The number of urea groups is 1. The van der Waals surface area contributed by atoms with Gasteiger partial charge in [0, 0.05) is 25.7 Å². The molecule has 0 spiro atoms. The van der Waals surface area contributed by atoms with Crippen LogP contribution in [0.2, 0.25) is 0 Å². The minimum Gasteiger partial charge on any atom is -0.357 e. The smallest absolute Gasteiger partial charge is 0.325 e. The summed E-state index contributed by atoms with van der Waals surface area (Å²) < 4.78 is 0. The molecule has 1 saturated heterocycles. The predicted molar refractivity (Wildman–Crippen MR) is 109 cm³/mol. The van der Waals surface area contributed by atoms with Crippen molar-refractivity contribution in [3.05, 3.63) is 0 Å². The summed E-state index contributed by atoms with van der Waals surface area (Å²) in [6.45, 7) is 12.2. The van der Waals surface area contributed by atoms with Gasteiger partial charge in [-0.1, -0.05) is 20.8 Å². The van der Waals surface area contributed by atoms with Crippen LogP contribution in [0.25, 0.3) is 0 Å². The first-order valence-corrected chi connectivity index (χ1v) is 10.5. The Kier molecular flexibility index (Phi) is 7.50. The fourth-order valence-electron chi connectivity index (χ4n) is 4.19. The zero-order valence-corrected chi connectivity index (χ0v) is 17.6. The lowest BCUT2D eigenvalue weighted by Crippen LogP contribution is -2.46. The van der Waals surface area contributed by atoms with Crippen LogP contribution in [-0.2, 0) is 4.79 Å². The van der Waals surface area contributed by atoms with Crippen molar-refractivity contribution in [1.82, 2.24) is 20.9 Å². The van der Waals surface area contributed by atoms with E-state index in [0.29, 0.717) is 32.0 Å². The third-order valence-corrected chi connectivity index (χ3v) is 5.73. The van der Waals surface area contributed by atoms with Gasteiger partial charge in [0.05, 0.1) is 0 Å². The topological polar surface area (TPSA) is 85.8 Å². The van der Waals surface area contributed by atoms with E-state index < -0.39 is 5.54 Å². The summed E-state index contributed by atoms with van der Waals surface area (Å²) in [6, 6.07) is 0.168. The SMILES string of the molecule is CCNC(=NCCCN1C(=O)NC(C)(CC)C1=O)NC1CC(C)CC(C)C1. The lowest BCUT2D eigenvalue weighted by molar-refractivity contribution is -0.130.